The second-order valence-corrected chi connectivity index (χ2v) is 8.00. The average molecular weight is 386 g/mol. The molecule has 1 aliphatic rings. The number of amides is 1. The van der Waals surface area contributed by atoms with Crippen LogP contribution in [0.2, 0.25) is 0 Å². The molecule has 0 aliphatic heterocycles. The predicted molar refractivity (Wildman–Crippen MR) is 92.5 cm³/mol. The van der Waals surface area contributed by atoms with E-state index in [1.165, 1.54) is 11.2 Å². The van der Waals surface area contributed by atoms with Gasteiger partial charge in [-0.25, -0.2) is 17.6 Å². The Morgan fingerprint density at radius 3 is 2.46 bits per heavy atom. The smallest absolute Gasteiger partial charge is 0.341 e. The Labute approximate surface area is 152 Å². The van der Waals surface area contributed by atoms with Crippen LogP contribution in [0.15, 0.2) is 23.1 Å². The summed E-state index contributed by atoms with van der Waals surface area (Å²) in [4.78, 5) is 23.9. The van der Waals surface area contributed by atoms with Crippen LogP contribution in [-0.4, -0.2) is 49.8 Å². The Morgan fingerprint density at radius 2 is 1.92 bits per heavy atom. The van der Waals surface area contributed by atoms with Gasteiger partial charge in [-0.2, -0.15) is 4.31 Å². The first kappa shape index (κ1) is 20.3. The zero-order chi connectivity index (χ0) is 19.5. The van der Waals surface area contributed by atoms with E-state index in [0.717, 1.165) is 31.0 Å². The molecule has 9 heteroatoms. The highest BCUT2D eigenvalue weighted by Gasteiger charge is 2.29. The molecular weight excluding hydrogens is 363 g/mol. The first-order valence-corrected chi connectivity index (χ1v) is 9.95. The summed E-state index contributed by atoms with van der Waals surface area (Å²) in [6.45, 7) is 5.23. The van der Waals surface area contributed by atoms with Crippen LogP contribution < -0.4 is 5.32 Å². The summed E-state index contributed by atoms with van der Waals surface area (Å²) in [6, 6.07) is 3.05. The van der Waals surface area contributed by atoms with E-state index in [1.54, 1.807) is 13.8 Å². The number of carbonyl (C=O) groups is 2. The Hall–Kier alpha value is -2.00. The number of carbonyl (C=O) groups excluding carboxylic acids is 2. The largest absolute Gasteiger partial charge is 0.449 e. The lowest BCUT2D eigenvalue weighted by atomic mass is 10.2. The normalized spacial score (nSPS) is 15.6. The molecule has 0 spiro atoms. The highest BCUT2D eigenvalue weighted by molar-refractivity contribution is 7.89. The molecule has 7 nitrogen and oxygen atoms in total. The van der Waals surface area contributed by atoms with Crippen molar-refractivity contribution >= 4 is 21.9 Å². The van der Waals surface area contributed by atoms with Crippen molar-refractivity contribution in [3.63, 3.8) is 0 Å². The van der Waals surface area contributed by atoms with Crippen LogP contribution in [0.1, 0.15) is 44.0 Å². The molecule has 1 fully saturated rings. The molecule has 26 heavy (non-hydrogen) atoms. The quantitative estimate of drug-likeness (QED) is 0.686. The molecule has 1 aromatic rings. The third-order valence-corrected chi connectivity index (χ3v) is 6.12. The lowest BCUT2D eigenvalue weighted by Gasteiger charge is -2.19. The number of hydrogen-bond acceptors (Lipinski definition) is 5. The van der Waals surface area contributed by atoms with Crippen LogP contribution >= 0.6 is 0 Å². The highest BCUT2D eigenvalue weighted by atomic mass is 32.2. The van der Waals surface area contributed by atoms with E-state index in [1.807, 2.05) is 0 Å². The summed E-state index contributed by atoms with van der Waals surface area (Å²) in [5, 5.41) is 2.68. The van der Waals surface area contributed by atoms with Crippen LogP contribution in [0.4, 0.5) is 4.39 Å². The zero-order valence-corrected chi connectivity index (χ0v) is 15.8. The maximum Gasteiger partial charge on any atom is 0.341 e. The summed E-state index contributed by atoms with van der Waals surface area (Å²) in [5.41, 5.74) is -0.524. The molecule has 0 aromatic heterocycles. The lowest BCUT2D eigenvalue weighted by molar-refractivity contribution is -0.129. The van der Waals surface area contributed by atoms with Gasteiger partial charge >= 0.3 is 5.97 Å². The Balaban J connectivity index is 2.20. The summed E-state index contributed by atoms with van der Waals surface area (Å²) in [6.07, 6.45) is 0.657. The minimum absolute atomic E-state index is 0.0999. The van der Waals surface area contributed by atoms with E-state index in [-0.39, 0.29) is 24.0 Å². The number of ether oxygens (including phenoxy) is 1. The number of halogens is 1. The minimum atomic E-state index is -3.85. The van der Waals surface area contributed by atoms with Gasteiger partial charge in [-0.3, -0.25) is 4.79 Å². The third-order valence-electron chi connectivity index (χ3n) is 4.08. The number of benzene rings is 1. The third kappa shape index (κ3) is 4.59. The summed E-state index contributed by atoms with van der Waals surface area (Å²) < 4.78 is 45.3. The molecule has 1 aromatic carbocycles. The van der Waals surface area contributed by atoms with E-state index in [4.69, 9.17) is 4.74 Å². The SMILES string of the molecule is CCN(CC)S(=O)(=O)c1ccc(F)c(C(=O)O[C@H](C)C(=O)NC2CC2)c1. The fourth-order valence-electron chi connectivity index (χ4n) is 2.36. The lowest BCUT2D eigenvalue weighted by Crippen LogP contribution is -2.37. The van der Waals surface area contributed by atoms with Crippen molar-refractivity contribution < 1.29 is 27.1 Å². The van der Waals surface area contributed by atoms with Crippen LogP contribution in [-0.2, 0) is 19.6 Å². The van der Waals surface area contributed by atoms with Crippen molar-refractivity contribution in [3.05, 3.63) is 29.6 Å². The maximum absolute atomic E-state index is 14.0. The van der Waals surface area contributed by atoms with Gasteiger partial charge in [0.25, 0.3) is 5.91 Å². The molecule has 1 saturated carbocycles. The molecule has 144 valence electrons. The number of esters is 1. The van der Waals surface area contributed by atoms with Crippen LogP contribution in [0.25, 0.3) is 0 Å². The number of rotatable bonds is 8. The molecule has 1 atom stereocenters. The second-order valence-electron chi connectivity index (χ2n) is 6.06. The molecule has 0 heterocycles. The molecule has 0 unspecified atom stereocenters. The minimum Gasteiger partial charge on any atom is -0.449 e. The fraction of sp³-hybridized carbons (Fsp3) is 0.529. The van der Waals surface area contributed by atoms with Crippen molar-refractivity contribution in [1.29, 1.82) is 0 Å². The predicted octanol–water partition coefficient (Wildman–Crippen LogP) is 1.68. The fourth-order valence-corrected chi connectivity index (χ4v) is 3.84. The Morgan fingerprint density at radius 1 is 1.31 bits per heavy atom. The van der Waals surface area contributed by atoms with E-state index < -0.39 is 39.4 Å². The summed E-state index contributed by atoms with van der Waals surface area (Å²) in [7, 11) is -3.85. The maximum atomic E-state index is 14.0. The average Bonchev–Trinajstić information content (AvgIpc) is 3.39. The van der Waals surface area contributed by atoms with Crippen LogP contribution in [0.3, 0.4) is 0 Å². The first-order chi connectivity index (χ1) is 12.2. The molecular formula is C17H23FN2O5S. The number of hydrogen-bond donors (Lipinski definition) is 1. The molecule has 0 radical (unpaired) electrons. The van der Waals surface area contributed by atoms with Gasteiger partial charge in [-0.15, -0.1) is 0 Å². The van der Waals surface area contributed by atoms with Gasteiger partial charge in [0.15, 0.2) is 6.10 Å². The van der Waals surface area contributed by atoms with Crippen LogP contribution in [0, 0.1) is 5.82 Å². The van der Waals surface area contributed by atoms with E-state index >= 15 is 0 Å². The molecule has 1 N–H and O–H groups in total. The number of sulfonamides is 1. The van der Waals surface area contributed by atoms with Crippen molar-refractivity contribution in [2.24, 2.45) is 0 Å². The molecule has 0 saturated heterocycles. The van der Waals surface area contributed by atoms with Gasteiger partial charge in [0.2, 0.25) is 10.0 Å². The second kappa shape index (κ2) is 8.13. The Kier molecular flexibility index (Phi) is 6.35. The topological polar surface area (TPSA) is 92.8 Å². The first-order valence-electron chi connectivity index (χ1n) is 8.51. The van der Waals surface area contributed by atoms with Crippen molar-refractivity contribution in [2.75, 3.05) is 13.1 Å². The number of nitrogens with zero attached hydrogens (tertiary/aromatic N) is 1. The van der Waals surface area contributed by atoms with Gasteiger partial charge in [0.05, 0.1) is 10.5 Å². The zero-order valence-electron chi connectivity index (χ0n) is 15.0. The summed E-state index contributed by atoms with van der Waals surface area (Å²) >= 11 is 0. The van der Waals surface area contributed by atoms with Crippen molar-refractivity contribution in [3.8, 4) is 0 Å². The Bertz CT molecular complexity index is 788. The van der Waals surface area contributed by atoms with Crippen LogP contribution in [0.5, 0.6) is 0 Å². The molecule has 1 aliphatic carbocycles. The highest BCUT2D eigenvalue weighted by Crippen LogP contribution is 2.21. The van der Waals surface area contributed by atoms with E-state index in [0.29, 0.717) is 0 Å². The van der Waals surface area contributed by atoms with Gasteiger partial charge in [0.1, 0.15) is 5.82 Å². The van der Waals surface area contributed by atoms with Gasteiger partial charge in [0, 0.05) is 19.1 Å². The summed E-state index contributed by atoms with van der Waals surface area (Å²) in [5.74, 6) is -2.46. The van der Waals surface area contributed by atoms with E-state index in [2.05, 4.69) is 5.32 Å². The molecule has 1 amide bonds. The molecule has 0 bridgehead atoms. The van der Waals surface area contributed by atoms with Gasteiger partial charge in [-0.05, 0) is 38.0 Å². The van der Waals surface area contributed by atoms with Gasteiger partial charge < -0.3 is 10.1 Å². The van der Waals surface area contributed by atoms with Crippen molar-refractivity contribution in [1.82, 2.24) is 9.62 Å². The van der Waals surface area contributed by atoms with Gasteiger partial charge in [-0.1, -0.05) is 13.8 Å². The van der Waals surface area contributed by atoms with Crippen molar-refractivity contribution in [2.45, 2.75) is 50.7 Å². The number of nitrogens with one attached hydrogen (secondary N) is 1. The monoisotopic (exact) mass is 386 g/mol. The van der Waals surface area contributed by atoms with E-state index in [9.17, 15) is 22.4 Å². The molecule has 2 rings (SSSR count). The standard InChI is InChI=1S/C17H23FN2O5S/c1-4-20(5-2)26(23,24)13-8-9-15(18)14(10-13)17(22)25-11(3)16(21)19-12-6-7-12/h8-12H,4-7H2,1-3H3,(H,19,21)/t11-/m1/s1.